The highest BCUT2D eigenvalue weighted by Gasteiger charge is 2.34. The molecule has 1 aromatic heterocycles. The second-order valence-corrected chi connectivity index (χ2v) is 11.6. The van der Waals surface area contributed by atoms with Crippen LogP contribution in [0.4, 0.5) is 0 Å². The first kappa shape index (κ1) is 30.6. The summed E-state index contributed by atoms with van der Waals surface area (Å²) < 4.78 is 5.57. The number of hydrogen-bond donors (Lipinski definition) is 2. The average molecular weight is 581 g/mol. The Morgan fingerprint density at radius 3 is 2.71 bits per heavy atom. The summed E-state index contributed by atoms with van der Waals surface area (Å²) >= 11 is 1.60. The highest BCUT2D eigenvalue weighted by atomic mass is 32.1. The van der Waals surface area contributed by atoms with Gasteiger partial charge in [0, 0.05) is 32.7 Å². The molecular formula is C30H40N6O4S. The maximum absolute atomic E-state index is 13.1. The summed E-state index contributed by atoms with van der Waals surface area (Å²) in [5, 5.41) is 14.7. The summed E-state index contributed by atoms with van der Waals surface area (Å²) in [7, 11) is 0. The Morgan fingerprint density at radius 2 is 2.00 bits per heavy atom. The fourth-order valence-electron chi connectivity index (χ4n) is 5.40. The Balaban J connectivity index is 1.13. The van der Waals surface area contributed by atoms with Gasteiger partial charge in [0.15, 0.2) is 0 Å². The number of ether oxygens (including phenoxy) is 1. The van der Waals surface area contributed by atoms with Gasteiger partial charge in [0.25, 0.3) is 0 Å². The van der Waals surface area contributed by atoms with E-state index in [4.69, 9.17) is 10.00 Å². The molecule has 0 spiro atoms. The molecule has 3 amide bonds. The molecule has 2 saturated heterocycles. The number of carbonyl (C=O) groups is 3. The maximum atomic E-state index is 13.1. The minimum atomic E-state index is -0.539. The third-order valence-electron chi connectivity index (χ3n) is 7.78. The van der Waals surface area contributed by atoms with Crippen LogP contribution < -0.4 is 10.6 Å². The number of hydrogen-bond acceptors (Lipinski definition) is 8. The first-order valence-electron chi connectivity index (χ1n) is 14.4. The lowest BCUT2D eigenvalue weighted by atomic mass is 10.0. The van der Waals surface area contributed by atoms with Crippen molar-refractivity contribution in [2.45, 2.75) is 58.0 Å². The molecule has 2 aromatic rings. The zero-order chi connectivity index (χ0) is 29.2. The second-order valence-electron chi connectivity index (χ2n) is 10.8. The number of nitrogens with one attached hydrogen (secondary N) is 2. The number of nitriles is 1. The Morgan fingerprint density at radius 1 is 1.20 bits per heavy atom. The number of amides is 3. The molecule has 11 heteroatoms. The predicted octanol–water partition coefficient (Wildman–Crippen LogP) is 3.05. The maximum Gasteiger partial charge on any atom is 0.243 e. The van der Waals surface area contributed by atoms with Gasteiger partial charge in [-0.05, 0) is 57.2 Å². The average Bonchev–Trinajstić information content (AvgIpc) is 3.74. The van der Waals surface area contributed by atoms with Gasteiger partial charge in [0.2, 0.25) is 17.7 Å². The SMILES string of the molecule is Cc1ncsc1-c1ccc(C(C)NC(=O)C2CCCN2C(=O)CNC(=O)CCOCCCN2CCC(C#N)C2)cc1. The number of thiazole rings is 1. The molecule has 2 aliphatic heterocycles. The Bertz CT molecular complexity index is 1230. The Hall–Kier alpha value is -3.33. The van der Waals surface area contributed by atoms with E-state index in [0.717, 1.165) is 60.6 Å². The van der Waals surface area contributed by atoms with Crippen LogP contribution >= 0.6 is 11.3 Å². The van der Waals surface area contributed by atoms with E-state index < -0.39 is 6.04 Å². The van der Waals surface area contributed by atoms with Crippen LogP contribution in [0.2, 0.25) is 0 Å². The second kappa shape index (κ2) is 15.1. The lowest BCUT2D eigenvalue weighted by molar-refractivity contribution is -0.139. The first-order valence-corrected chi connectivity index (χ1v) is 15.3. The molecule has 220 valence electrons. The zero-order valence-electron chi connectivity index (χ0n) is 23.9. The third-order valence-corrected chi connectivity index (χ3v) is 8.76. The van der Waals surface area contributed by atoms with Crippen molar-refractivity contribution in [3.8, 4) is 16.5 Å². The van der Waals surface area contributed by atoms with Crippen LogP contribution in [0.1, 0.15) is 56.3 Å². The van der Waals surface area contributed by atoms with E-state index in [1.807, 2.05) is 43.6 Å². The van der Waals surface area contributed by atoms with E-state index in [9.17, 15) is 14.4 Å². The molecule has 10 nitrogen and oxygen atoms in total. The van der Waals surface area contributed by atoms with E-state index >= 15 is 0 Å². The molecule has 3 heterocycles. The van der Waals surface area contributed by atoms with Gasteiger partial charge in [0.05, 0.1) is 47.3 Å². The largest absolute Gasteiger partial charge is 0.381 e. The molecule has 0 saturated carbocycles. The molecule has 0 aliphatic carbocycles. The molecule has 2 N–H and O–H groups in total. The topological polar surface area (TPSA) is 128 Å². The number of nitrogens with zero attached hydrogens (tertiary/aromatic N) is 4. The van der Waals surface area contributed by atoms with Crippen LogP contribution in [0.5, 0.6) is 0 Å². The van der Waals surface area contributed by atoms with Gasteiger partial charge in [0.1, 0.15) is 6.04 Å². The molecule has 2 aliphatic rings. The summed E-state index contributed by atoms with van der Waals surface area (Å²) in [6, 6.07) is 9.67. The molecule has 41 heavy (non-hydrogen) atoms. The molecule has 3 atom stereocenters. The quantitative estimate of drug-likeness (QED) is 0.349. The Kier molecular flexibility index (Phi) is 11.2. The molecule has 0 bridgehead atoms. The highest BCUT2D eigenvalue weighted by Crippen LogP contribution is 2.28. The van der Waals surface area contributed by atoms with Crippen molar-refractivity contribution in [3.63, 3.8) is 0 Å². The molecule has 3 unspecified atom stereocenters. The normalized spacial score (nSPS) is 19.6. The number of benzene rings is 1. The monoisotopic (exact) mass is 580 g/mol. The van der Waals surface area contributed by atoms with Gasteiger partial charge in [-0.15, -0.1) is 11.3 Å². The van der Waals surface area contributed by atoms with Crippen LogP contribution in [0.25, 0.3) is 10.4 Å². The van der Waals surface area contributed by atoms with Crippen molar-refractivity contribution in [2.75, 3.05) is 45.9 Å². The lowest BCUT2D eigenvalue weighted by Crippen LogP contribution is -2.49. The summed E-state index contributed by atoms with van der Waals surface area (Å²) in [4.78, 5) is 47.5. The molecule has 1 aromatic carbocycles. The molecular weight excluding hydrogens is 540 g/mol. The van der Waals surface area contributed by atoms with E-state index in [0.29, 0.717) is 19.6 Å². The van der Waals surface area contributed by atoms with Crippen molar-refractivity contribution in [2.24, 2.45) is 5.92 Å². The number of aryl methyl sites for hydroxylation is 1. The smallest absolute Gasteiger partial charge is 0.243 e. The van der Waals surface area contributed by atoms with Crippen LogP contribution in [-0.4, -0.2) is 84.5 Å². The fraction of sp³-hybridized carbons (Fsp3) is 0.567. The van der Waals surface area contributed by atoms with E-state index in [1.54, 1.807) is 16.2 Å². The summed E-state index contributed by atoms with van der Waals surface area (Å²) in [6.45, 7) is 7.81. The summed E-state index contributed by atoms with van der Waals surface area (Å²) in [5.74, 6) is -0.545. The first-order chi connectivity index (χ1) is 19.9. The lowest BCUT2D eigenvalue weighted by Gasteiger charge is -2.26. The van der Waals surface area contributed by atoms with Crippen molar-refractivity contribution in [1.82, 2.24) is 25.4 Å². The van der Waals surface area contributed by atoms with Crippen molar-refractivity contribution < 1.29 is 19.1 Å². The zero-order valence-corrected chi connectivity index (χ0v) is 24.8. The van der Waals surface area contributed by atoms with E-state index in [1.165, 1.54) is 0 Å². The van der Waals surface area contributed by atoms with Gasteiger partial charge in [-0.2, -0.15) is 5.26 Å². The van der Waals surface area contributed by atoms with Gasteiger partial charge in [-0.1, -0.05) is 24.3 Å². The summed E-state index contributed by atoms with van der Waals surface area (Å²) in [5.41, 5.74) is 4.92. The minimum Gasteiger partial charge on any atom is -0.381 e. The third kappa shape index (κ3) is 8.58. The standard InChI is InChI=1S/C30H40N6O4S/c1-21(24-6-8-25(9-7-24)29-22(2)33-20-41-29)34-30(39)26-5-3-13-36(26)28(38)18-32-27(37)11-16-40-15-4-12-35-14-10-23(17-31)19-35/h6-9,20-21,23,26H,3-5,10-16,18-19H2,1-2H3,(H,32,37)(H,34,39). The van der Waals surface area contributed by atoms with Gasteiger partial charge in [-0.25, -0.2) is 4.98 Å². The van der Waals surface area contributed by atoms with Crippen molar-refractivity contribution >= 4 is 29.1 Å². The van der Waals surface area contributed by atoms with Gasteiger partial charge >= 0.3 is 0 Å². The number of aromatic nitrogens is 1. The Labute approximate surface area is 246 Å². The molecule has 4 rings (SSSR count). The molecule has 0 radical (unpaired) electrons. The van der Waals surface area contributed by atoms with E-state index in [-0.39, 0.29) is 49.3 Å². The van der Waals surface area contributed by atoms with Gasteiger partial charge < -0.3 is 25.2 Å². The minimum absolute atomic E-state index is 0.133. The molecule has 2 fully saturated rings. The number of likely N-dealkylation sites (tertiary alicyclic amines) is 2. The van der Waals surface area contributed by atoms with Crippen LogP contribution in [-0.2, 0) is 19.1 Å². The summed E-state index contributed by atoms with van der Waals surface area (Å²) in [6.07, 6.45) is 3.31. The van der Waals surface area contributed by atoms with Crippen LogP contribution in [0, 0.1) is 24.2 Å². The van der Waals surface area contributed by atoms with Crippen LogP contribution in [0.3, 0.4) is 0 Å². The highest BCUT2D eigenvalue weighted by molar-refractivity contribution is 7.13. The fourth-order valence-corrected chi connectivity index (χ4v) is 6.21. The predicted molar refractivity (Wildman–Crippen MR) is 157 cm³/mol. The van der Waals surface area contributed by atoms with Crippen LogP contribution in [0.15, 0.2) is 29.8 Å². The van der Waals surface area contributed by atoms with Crippen molar-refractivity contribution in [1.29, 1.82) is 5.26 Å². The van der Waals surface area contributed by atoms with Gasteiger partial charge in [-0.3, -0.25) is 14.4 Å². The van der Waals surface area contributed by atoms with E-state index in [2.05, 4.69) is 26.6 Å². The number of rotatable bonds is 13. The van der Waals surface area contributed by atoms with Crippen molar-refractivity contribution in [3.05, 3.63) is 41.0 Å². The number of carbonyl (C=O) groups excluding carboxylic acids is 3.